The van der Waals surface area contributed by atoms with Gasteiger partial charge in [0.05, 0.1) is 29.9 Å². The molecule has 3 aliphatic heterocycles. The quantitative estimate of drug-likeness (QED) is 0.0382. The van der Waals surface area contributed by atoms with Gasteiger partial charge in [0.25, 0.3) is 0 Å². The van der Waals surface area contributed by atoms with Crippen LogP contribution in [0.4, 0.5) is 28.8 Å². The third-order valence-electron chi connectivity index (χ3n) is 12.7. The summed E-state index contributed by atoms with van der Waals surface area (Å²) in [6.45, 7) is 27.9. The molecule has 4 fully saturated rings. The van der Waals surface area contributed by atoms with Gasteiger partial charge in [-0.15, -0.1) is 0 Å². The summed E-state index contributed by atoms with van der Waals surface area (Å²) in [6.07, 6.45) is -33.2. The van der Waals surface area contributed by atoms with Gasteiger partial charge in [0.1, 0.15) is 113 Å². The van der Waals surface area contributed by atoms with Crippen molar-refractivity contribution in [2.24, 2.45) is 4.99 Å². The summed E-state index contributed by atoms with van der Waals surface area (Å²) in [5, 5.41) is 89.4. The van der Waals surface area contributed by atoms with Gasteiger partial charge in [-0.05, 0) is 143 Å². The smallest absolute Gasteiger partial charge is 0.408 e. The number of nitrogens with zero attached hydrogens (tertiary/aromatic N) is 1. The zero-order chi connectivity index (χ0) is 67.5. The van der Waals surface area contributed by atoms with E-state index in [9.17, 15) is 59.4 Å². The number of nitrogens with one attached hydrogen (secondary N) is 6. The molecule has 0 radical (unpaired) electrons. The number of hydrogen-bond donors (Lipinski definition) is 12. The van der Waals surface area contributed by atoms with E-state index >= 15 is 0 Å². The molecule has 33 heteroatoms. The Balaban J connectivity index is 1.91. The van der Waals surface area contributed by atoms with Crippen molar-refractivity contribution in [2.75, 3.05) is 31.1 Å². The average molecular weight is 1320 g/mol. The van der Waals surface area contributed by atoms with Crippen LogP contribution in [0.15, 0.2) is 4.99 Å². The maximum Gasteiger partial charge on any atom is 0.408 e. The zero-order valence-corrected chi connectivity index (χ0v) is 55.6. The number of carbonyl (C=O) groups excluding carboxylic acids is 6. The van der Waals surface area contributed by atoms with E-state index in [0.717, 1.165) is 0 Å². The topological polar surface area (TPSA) is 419 Å². The lowest BCUT2D eigenvalue weighted by Gasteiger charge is -2.49. The Bertz CT molecular complexity index is 2400. The normalized spacial score (nSPS) is 32.0. The van der Waals surface area contributed by atoms with Crippen LogP contribution in [-0.4, -0.2) is 253 Å². The van der Waals surface area contributed by atoms with E-state index in [4.69, 9.17) is 69.1 Å². The van der Waals surface area contributed by atoms with Gasteiger partial charge in [0.2, 0.25) is 0 Å². The van der Waals surface area contributed by atoms with Crippen molar-refractivity contribution in [3.05, 3.63) is 0 Å². The number of thiocarbonyl (C=S) groups is 1. The lowest BCUT2D eigenvalue weighted by Crippen LogP contribution is -2.70. The van der Waals surface area contributed by atoms with E-state index in [1.54, 1.807) is 125 Å². The maximum atomic E-state index is 14.0. The first-order valence-corrected chi connectivity index (χ1v) is 30.8. The highest BCUT2D eigenvalue weighted by atomic mass is 32.2. The molecule has 0 aromatic carbocycles. The van der Waals surface area contributed by atoms with E-state index < -0.39 is 206 Å². The molecule has 512 valence electrons. The fourth-order valence-electron chi connectivity index (χ4n) is 9.30. The molecule has 31 nitrogen and oxygen atoms in total. The lowest BCUT2D eigenvalue weighted by atomic mass is 9.83. The molecule has 1 saturated carbocycles. The van der Waals surface area contributed by atoms with Crippen LogP contribution < -0.4 is 31.9 Å². The Morgan fingerprint density at radius 2 is 0.798 bits per heavy atom. The molecule has 0 aromatic rings. The second kappa shape index (κ2) is 31.7. The molecule has 3 saturated heterocycles. The van der Waals surface area contributed by atoms with E-state index in [1.165, 1.54) is 11.8 Å². The molecule has 0 spiro atoms. The predicted octanol–water partition coefficient (Wildman–Crippen LogP) is 2.34. The third kappa shape index (κ3) is 25.7. The summed E-state index contributed by atoms with van der Waals surface area (Å²) in [5.74, 6) is 0.276. The largest absolute Gasteiger partial charge is 0.444 e. The van der Waals surface area contributed by atoms with Crippen molar-refractivity contribution in [1.29, 1.82) is 0 Å². The van der Waals surface area contributed by atoms with Crippen LogP contribution in [0.25, 0.3) is 0 Å². The van der Waals surface area contributed by atoms with E-state index in [-0.39, 0.29) is 12.3 Å². The number of aliphatic hydroxyl groups is 6. The maximum absolute atomic E-state index is 14.0. The summed E-state index contributed by atoms with van der Waals surface area (Å²) in [6, 6.07) is -6.31. The highest BCUT2D eigenvalue weighted by Crippen LogP contribution is 2.37. The summed E-state index contributed by atoms with van der Waals surface area (Å²) in [4.78, 5) is 84.3. The average Bonchev–Trinajstić information content (AvgIpc) is 2.13. The number of alkyl carbamates (subject to hydrolysis) is 6. The molecule has 19 atom stereocenters. The molecule has 12 N–H and O–H groups in total. The number of ether oxygens (including phenoxy) is 12. The number of carbonyl (C=O) groups is 6. The van der Waals surface area contributed by atoms with Crippen molar-refractivity contribution >= 4 is 65.7 Å². The van der Waals surface area contributed by atoms with Crippen LogP contribution in [-0.2, 0) is 56.8 Å². The van der Waals surface area contributed by atoms with Gasteiger partial charge >= 0.3 is 36.6 Å². The Labute approximate surface area is 529 Å². The molecule has 4 rings (SSSR count). The standard InChI is InChI=1S/C56H97N7O24S2/c1-51(2,3)82-45(70)58-22-28-34(65)36(67)31(62-49(74)86-55(13,14)15)42(76-28)79-39-27(61-48(73)85-54(10,11)12)21-26(60-47(72)84-53(7,8)9)33(64)41(39)81-44-38(69)40(30(78-44)24-89-20-19-57-25-88)80-43-32(63-50(75)87-56(16,17)18)37(68)35(66)29(77-43)23-59-46(71)83-52(4,5)6/h26-44,64-69H,19-24H2,1-18H3,(H,58,70)(H,59,71)(H,60,72)(H,61,73)(H,62,74)(H,63,75)/t26-,27+,28-,29-,30-,31-,32-,33+,34-,35-,36-,37-,38-,39-,40-,41-,42-,43-,44+/m1/s1. The Morgan fingerprint density at radius 1 is 0.449 bits per heavy atom. The van der Waals surface area contributed by atoms with Crippen molar-refractivity contribution in [2.45, 2.75) is 281 Å². The molecular formula is C56H97N7O24S2. The number of amides is 6. The highest BCUT2D eigenvalue weighted by molar-refractivity contribution is 7.99. The van der Waals surface area contributed by atoms with Crippen molar-refractivity contribution < 1.29 is 116 Å². The number of isothiocyanates is 1. The second-order valence-corrected chi connectivity index (χ2v) is 29.1. The predicted molar refractivity (Wildman–Crippen MR) is 320 cm³/mol. The number of hydrogen-bond acceptors (Lipinski definition) is 27. The molecule has 0 unspecified atom stereocenters. The molecule has 1 aliphatic carbocycles. The fraction of sp³-hybridized carbons (Fsp3) is 0.875. The van der Waals surface area contributed by atoms with Gasteiger partial charge in [-0.3, -0.25) is 0 Å². The van der Waals surface area contributed by atoms with Crippen LogP contribution in [0.5, 0.6) is 0 Å². The Morgan fingerprint density at radius 3 is 1.19 bits per heavy atom. The minimum atomic E-state index is -1.98. The number of aliphatic imine (C=N–C) groups is 1. The second-order valence-electron chi connectivity index (χ2n) is 27.8. The monoisotopic (exact) mass is 1320 g/mol. The summed E-state index contributed by atoms with van der Waals surface area (Å²) >= 11 is 5.99. The lowest BCUT2D eigenvalue weighted by molar-refractivity contribution is -0.310. The van der Waals surface area contributed by atoms with Gasteiger partial charge in [-0.2, -0.15) is 11.8 Å². The van der Waals surface area contributed by atoms with E-state index in [0.29, 0.717) is 5.75 Å². The van der Waals surface area contributed by atoms with Crippen LogP contribution >= 0.6 is 24.0 Å². The molecular weight excluding hydrogens is 1220 g/mol. The van der Waals surface area contributed by atoms with Crippen LogP contribution in [0, 0.1) is 0 Å². The minimum absolute atomic E-state index is 0.0358. The molecule has 6 amide bonds. The third-order valence-corrected chi connectivity index (χ3v) is 13.9. The van der Waals surface area contributed by atoms with Gasteiger partial charge in [0.15, 0.2) is 18.9 Å². The first kappa shape index (κ1) is 76.7. The van der Waals surface area contributed by atoms with Crippen LogP contribution in [0.1, 0.15) is 131 Å². The van der Waals surface area contributed by atoms with Crippen molar-refractivity contribution in [3.63, 3.8) is 0 Å². The van der Waals surface area contributed by atoms with Gasteiger partial charge in [-0.25, -0.2) is 33.8 Å². The molecule has 89 heavy (non-hydrogen) atoms. The fourth-order valence-corrected chi connectivity index (χ4v) is 10.3. The van der Waals surface area contributed by atoms with Crippen LogP contribution in [0.2, 0.25) is 0 Å². The zero-order valence-electron chi connectivity index (χ0n) is 54.0. The number of aliphatic hydroxyl groups excluding tert-OH is 6. The number of rotatable bonds is 19. The molecule has 4 aliphatic rings. The molecule has 0 aromatic heterocycles. The van der Waals surface area contributed by atoms with Crippen molar-refractivity contribution in [3.8, 4) is 0 Å². The minimum Gasteiger partial charge on any atom is -0.444 e. The van der Waals surface area contributed by atoms with Gasteiger partial charge in [0, 0.05) is 24.6 Å². The Kier molecular flexibility index (Phi) is 27.4. The molecule has 3 heterocycles. The summed E-state index contributed by atoms with van der Waals surface area (Å²) < 4.78 is 71.8. The van der Waals surface area contributed by atoms with Gasteiger partial charge in [-0.1, -0.05) is 0 Å². The SMILES string of the molecule is CC(C)(C)OC(=O)NC[C@H]1O[C@H](O[C@H]2[C@H](O[C@@H]3O[C@H](CSCCN=C=S)[C@@H](O[C@H]4O[C@H](CNC(=O)OC(C)(C)C)[C@@H](O)[C@H](O)[C@H]4NC(=O)OC(C)(C)C)[C@H]3O)[C@@H](O)[C@H](NC(=O)OC(C)(C)C)C[C@@H]2NC(=O)OC(C)(C)C)[C@H](NC(=O)OC(C)(C)C)[C@@H](O)[C@@H]1O. The van der Waals surface area contributed by atoms with Crippen LogP contribution in [0.3, 0.4) is 0 Å². The summed E-state index contributed by atoms with van der Waals surface area (Å²) in [7, 11) is 0. The van der Waals surface area contributed by atoms with E-state index in [1.807, 2.05) is 0 Å². The first-order valence-electron chi connectivity index (χ1n) is 29.3. The molecule has 0 bridgehead atoms. The van der Waals surface area contributed by atoms with Gasteiger partial charge < -0.3 is 119 Å². The van der Waals surface area contributed by atoms with Crippen molar-refractivity contribution in [1.82, 2.24) is 31.9 Å². The summed E-state index contributed by atoms with van der Waals surface area (Å²) in [5.41, 5.74) is -6.26. The first-order chi connectivity index (χ1) is 40.7. The van der Waals surface area contributed by atoms with E-state index in [2.05, 4.69) is 42.1 Å². The Hall–Kier alpha value is -4.71. The number of thioether (sulfide) groups is 1. The highest BCUT2D eigenvalue weighted by Gasteiger charge is 2.57.